The minimum atomic E-state index is -2.85. The summed E-state index contributed by atoms with van der Waals surface area (Å²) < 4.78 is 44.1. The van der Waals surface area contributed by atoms with Crippen LogP contribution in [-0.2, 0) is 16.0 Å². The number of nitrogens with two attached hydrogens (primary N) is 1. The fourth-order valence-corrected chi connectivity index (χ4v) is 8.42. The van der Waals surface area contributed by atoms with Crippen molar-refractivity contribution >= 4 is 34.0 Å². The summed E-state index contributed by atoms with van der Waals surface area (Å²) in [5.74, 6) is -0.495. The Hall–Kier alpha value is -1.76. The number of ether oxygens (including phenoxy) is 1. The van der Waals surface area contributed by atoms with Gasteiger partial charge in [0.05, 0.1) is 11.8 Å². The van der Waals surface area contributed by atoms with E-state index in [1.54, 1.807) is 24.3 Å². The van der Waals surface area contributed by atoms with Gasteiger partial charge >= 0.3 is 0 Å². The van der Waals surface area contributed by atoms with Crippen LogP contribution >= 0.6 is 22.4 Å². The Kier molecular flexibility index (Phi) is 9.69. The van der Waals surface area contributed by atoms with Crippen molar-refractivity contribution in [1.29, 1.82) is 0 Å². The van der Waals surface area contributed by atoms with Crippen molar-refractivity contribution in [3.63, 3.8) is 0 Å². The van der Waals surface area contributed by atoms with Crippen LogP contribution in [-0.4, -0.2) is 69.5 Å². The van der Waals surface area contributed by atoms with Crippen molar-refractivity contribution in [3.8, 4) is 0 Å². The van der Waals surface area contributed by atoms with Gasteiger partial charge in [0.15, 0.2) is 0 Å². The molecule has 11 heteroatoms. The first-order valence-corrected chi connectivity index (χ1v) is 16.2. The molecule has 40 heavy (non-hydrogen) atoms. The third-order valence-corrected chi connectivity index (χ3v) is 10.9. The predicted molar refractivity (Wildman–Crippen MR) is 158 cm³/mol. The maximum Gasteiger partial charge on any atom is 0.241 e. The molecule has 8 nitrogen and oxygen atoms in total. The molecule has 220 valence electrons. The molecule has 0 radical (unpaired) electrons. The van der Waals surface area contributed by atoms with Gasteiger partial charge < -0.3 is 21.1 Å². The smallest absolute Gasteiger partial charge is 0.241 e. The number of halogens is 2. The van der Waals surface area contributed by atoms with E-state index in [9.17, 15) is 13.9 Å². The van der Waals surface area contributed by atoms with Gasteiger partial charge in [0.25, 0.3) is 0 Å². The van der Waals surface area contributed by atoms with Crippen molar-refractivity contribution in [2.24, 2.45) is 11.7 Å². The van der Waals surface area contributed by atoms with Gasteiger partial charge in [0.1, 0.15) is 5.82 Å². The Balaban J connectivity index is 1.32. The number of nitrogens with one attached hydrogen (secondary N) is 2. The number of piperazine rings is 1. The zero-order chi connectivity index (χ0) is 28.3. The molecule has 3 fully saturated rings. The Morgan fingerprint density at radius 2 is 1.95 bits per heavy atom. The standard InChI is InChI=1S/C29H40ClFN4O4S/c30-21-8-6-19(7-9-21)27(20-12-14-39-15-13-20)28(32)29(36)34-26-5-1-4-25(31)24(26)11-10-23-17-33-22-3-2-16-40(37,38)35(23)18-22/h1,4-9,20,22-23,27-28,33,37-38H,2-3,10-18,32H2,(H,34,36)/t22?,23?,27-,28-/m0/s1. The van der Waals surface area contributed by atoms with Crippen LogP contribution in [0.3, 0.4) is 0 Å². The van der Waals surface area contributed by atoms with Crippen LogP contribution in [0.5, 0.6) is 0 Å². The second-order valence-corrected chi connectivity index (χ2v) is 13.8. The monoisotopic (exact) mass is 594 g/mol. The zero-order valence-corrected chi connectivity index (χ0v) is 24.2. The van der Waals surface area contributed by atoms with Crippen molar-refractivity contribution in [1.82, 2.24) is 9.62 Å². The third kappa shape index (κ3) is 6.82. The summed E-state index contributed by atoms with van der Waals surface area (Å²) in [5, 5.41) is 7.04. The van der Waals surface area contributed by atoms with E-state index in [0.717, 1.165) is 31.2 Å². The Bertz CT molecular complexity index is 1170. The Morgan fingerprint density at radius 1 is 1.20 bits per heavy atom. The lowest BCUT2D eigenvalue weighted by Crippen LogP contribution is -2.55. The van der Waals surface area contributed by atoms with E-state index in [-0.39, 0.29) is 29.8 Å². The number of hydrogen-bond acceptors (Lipinski definition) is 7. The van der Waals surface area contributed by atoms with E-state index in [2.05, 4.69) is 10.6 Å². The molecule has 0 spiro atoms. The second-order valence-electron chi connectivity index (χ2n) is 11.2. The highest BCUT2D eigenvalue weighted by Crippen LogP contribution is 2.49. The first-order chi connectivity index (χ1) is 19.2. The molecular formula is C29H40ClFN4O4S. The molecule has 3 saturated heterocycles. The van der Waals surface area contributed by atoms with E-state index in [0.29, 0.717) is 61.2 Å². The molecule has 0 aliphatic carbocycles. The van der Waals surface area contributed by atoms with E-state index in [1.165, 1.54) is 6.07 Å². The number of rotatable bonds is 8. The number of fused-ring (bicyclic) bond motifs is 2. The number of anilines is 1. The minimum absolute atomic E-state index is 0.146. The number of carbonyl (C=O) groups excluding carboxylic acids is 1. The van der Waals surface area contributed by atoms with E-state index in [1.807, 2.05) is 16.4 Å². The van der Waals surface area contributed by atoms with Gasteiger partial charge in [-0.2, -0.15) is 0 Å². The fraction of sp³-hybridized carbons (Fsp3) is 0.552. The number of amides is 1. The highest BCUT2D eigenvalue weighted by atomic mass is 35.5. The highest BCUT2D eigenvalue weighted by molar-refractivity contribution is 8.22. The van der Waals surface area contributed by atoms with Gasteiger partial charge in [-0.25, -0.2) is 8.70 Å². The van der Waals surface area contributed by atoms with Gasteiger partial charge in [-0.05, 0) is 74.3 Å². The van der Waals surface area contributed by atoms with E-state index >= 15 is 4.39 Å². The summed E-state index contributed by atoms with van der Waals surface area (Å²) in [4.78, 5) is 13.6. The van der Waals surface area contributed by atoms with Crippen LogP contribution in [0, 0.1) is 11.7 Å². The molecule has 0 saturated carbocycles. The van der Waals surface area contributed by atoms with Gasteiger partial charge in [-0.15, -0.1) is 10.8 Å². The summed E-state index contributed by atoms with van der Waals surface area (Å²) >= 11 is 6.12. The Labute approximate surface area is 242 Å². The summed E-state index contributed by atoms with van der Waals surface area (Å²) in [6.45, 7) is 2.42. The van der Waals surface area contributed by atoms with Crippen LogP contribution < -0.4 is 16.4 Å². The van der Waals surface area contributed by atoms with Crippen LogP contribution in [0.15, 0.2) is 42.5 Å². The molecule has 6 N–H and O–H groups in total. The number of benzene rings is 2. The maximum absolute atomic E-state index is 15.1. The quantitative estimate of drug-likeness (QED) is 0.292. The first kappa shape index (κ1) is 29.7. The minimum Gasteiger partial charge on any atom is -0.381 e. The van der Waals surface area contributed by atoms with Crippen molar-refractivity contribution < 1.29 is 23.0 Å². The van der Waals surface area contributed by atoms with E-state index < -0.39 is 22.6 Å². The Morgan fingerprint density at radius 3 is 2.70 bits per heavy atom. The molecule has 5 atom stereocenters. The molecule has 3 heterocycles. The summed E-state index contributed by atoms with van der Waals surface area (Å²) in [5.41, 5.74) is 8.37. The lowest BCUT2D eigenvalue weighted by molar-refractivity contribution is -0.118. The molecule has 3 aliphatic rings. The number of hydrogen-bond donors (Lipinski definition) is 5. The summed E-state index contributed by atoms with van der Waals surface area (Å²) in [6.07, 6.45) is 4.12. The van der Waals surface area contributed by atoms with Crippen LogP contribution in [0.1, 0.15) is 49.1 Å². The highest BCUT2D eigenvalue weighted by Gasteiger charge is 2.38. The maximum atomic E-state index is 15.1. The molecule has 5 rings (SSSR count). The molecule has 2 aromatic carbocycles. The van der Waals surface area contributed by atoms with Gasteiger partial charge in [0.2, 0.25) is 5.91 Å². The average Bonchev–Trinajstić information content (AvgIpc) is 3.06. The molecule has 2 bridgehead atoms. The molecular weight excluding hydrogens is 555 g/mol. The first-order valence-electron chi connectivity index (χ1n) is 14.2. The zero-order valence-electron chi connectivity index (χ0n) is 22.6. The van der Waals surface area contributed by atoms with Crippen LogP contribution in [0.4, 0.5) is 10.1 Å². The lowest BCUT2D eigenvalue weighted by Gasteiger charge is -2.49. The van der Waals surface area contributed by atoms with Crippen molar-refractivity contribution in [3.05, 3.63) is 64.4 Å². The van der Waals surface area contributed by atoms with Gasteiger partial charge in [-0.1, -0.05) is 29.8 Å². The van der Waals surface area contributed by atoms with Crippen molar-refractivity contribution in [2.75, 3.05) is 37.4 Å². The lowest BCUT2D eigenvalue weighted by atomic mass is 9.76. The molecule has 0 aromatic heterocycles. The molecule has 3 aliphatic heterocycles. The van der Waals surface area contributed by atoms with Crippen LogP contribution in [0.2, 0.25) is 5.02 Å². The van der Waals surface area contributed by atoms with Crippen molar-refractivity contribution in [2.45, 2.75) is 62.6 Å². The van der Waals surface area contributed by atoms with E-state index in [4.69, 9.17) is 22.1 Å². The second kappa shape index (κ2) is 13.0. The van der Waals surface area contributed by atoms with Gasteiger partial charge in [-0.3, -0.25) is 13.9 Å². The van der Waals surface area contributed by atoms with Gasteiger partial charge in [0, 0.05) is 60.6 Å². The topological polar surface area (TPSA) is 120 Å². The number of nitrogens with zero attached hydrogens (tertiary/aromatic N) is 1. The number of carbonyl (C=O) groups is 1. The molecule has 1 amide bonds. The normalized spacial score (nSPS) is 27.3. The largest absolute Gasteiger partial charge is 0.381 e. The third-order valence-electron chi connectivity index (χ3n) is 8.62. The average molecular weight is 595 g/mol. The fourth-order valence-electron chi connectivity index (χ4n) is 6.43. The SMILES string of the molecule is N[C@H](C(=O)Nc1cccc(F)c1CCC1CNC2CCCS(O)(O)N1C2)[C@@H](c1ccc(Cl)cc1)C1CCOCC1. The molecule has 2 aromatic rings. The van der Waals surface area contributed by atoms with Crippen LogP contribution in [0.25, 0.3) is 0 Å². The summed E-state index contributed by atoms with van der Waals surface area (Å²) in [7, 11) is -2.85. The summed E-state index contributed by atoms with van der Waals surface area (Å²) in [6, 6.07) is 11.3. The molecule has 3 unspecified atom stereocenters. The predicted octanol–water partition coefficient (Wildman–Crippen LogP) is 4.99.